The first-order chi connectivity index (χ1) is 6.81. The van der Waals surface area contributed by atoms with Gasteiger partial charge in [-0.25, -0.2) is 0 Å². The molecular weight excluding hydrogens is 196 g/mol. The summed E-state index contributed by atoms with van der Waals surface area (Å²) in [6, 6.07) is 0. The number of hydrogen-bond acceptors (Lipinski definition) is 1. The maximum absolute atomic E-state index is 11.2. The molecule has 0 saturated heterocycles. The number of carbonyl (C=O) groups is 1. The molecule has 14 heavy (non-hydrogen) atoms. The first-order valence-electron chi connectivity index (χ1n) is 5.39. The molecular formula is C12H19ClO. The van der Waals surface area contributed by atoms with Crippen LogP contribution in [-0.4, -0.2) is 11.7 Å². The fraction of sp³-hybridized carbons (Fsp3) is 0.750. The molecule has 0 spiro atoms. The Morgan fingerprint density at radius 1 is 1.21 bits per heavy atom. The molecule has 0 aliphatic heterocycles. The van der Waals surface area contributed by atoms with Crippen molar-refractivity contribution in [3.8, 4) is 11.8 Å². The Bertz CT molecular complexity index is 200. The van der Waals surface area contributed by atoms with E-state index in [9.17, 15) is 4.79 Å². The highest BCUT2D eigenvalue weighted by Gasteiger charge is 1.95. The Morgan fingerprint density at radius 2 is 2.00 bits per heavy atom. The van der Waals surface area contributed by atoms with E-state index in [4.69, 9.17) is 11.6 Å². The summed E-state index contributed by atoms with van der Waals surface area (Å²) in [6.07, 6.45) is 6.63. The van der Waals surface area contributed by atoms with Crippen LogP contribution >= 0.6 is 11.6 Å². The van der Waals surface area contributed by atoms with Crippen LogP contribution in [0.5, 0.6) is 0 Å². The van der Waals surface area contributed by atoms with E-state index in [2.05, 4.69) is 18.8 Å². The van der Waals surface area contributed by atoms with Crippen LogP contribution in [0.1, 0.15) is 51.9 Å². The highest BCUT2D eigenvalue weighted by Crippen LogP contribution is 2.01. The van der Waals surface area contributed by atoms with Gasteiger partial charge in [0.2, 0.25) is 5.78 Å². The molecule has 0 N–H and O–H groups in total. The van der Waals surface area contributed by atoms with Crippen molar-refractivity contribution in [1.29, 1.82) is 0 Å². The van der Waals surface area contributed by atoms with Gasteiger partial charge in [-0.15, -0.1) is 11.6 Å². The largest absolute Gasteiger partial charge is 0.285 e. The molecule has 0 aliphatic carbocycles. The molecule has 0 atom stereocenters. The molecule has 0 unspecified atom stereocenters. The Labute approximate surface area is 92.2 Å². The van der Waals surface area contributed by atoms with E-state index >= 15 is 0 Å². The summed E-state index contributed by atoms with van der Waals surface area (Å²) in [4.78, 5) is 11.2. The van der Waals surface area contributed by atoms with Gasteiger partial charge in [0.05, 0.1) is 0 Å². The lowest BCUT2D eigenvalue weighted by Gasteiger charge is -1.93. The molecule has 0 amide bonds. The van der Waals surface area contributed by atoms with Crippen LogP contribution in [0.2, 0.25) is 0 Å². The van der Waals surface area contributed by atoms with Gasteiger partial charge < -0.3 is 0 Å². The summed E-state index contributed by atoms with van der Waals surface area (Å²) in [5, 5.41) is 0. The van der Waals surface area contributed by atoms with Crippen molar-refractivity contribution in [2.24, 2.45) is 0 Å². The summed E-state index contributed by atoms with van der Waals surface area (Å²) in [5.74, 6) is 6.34. The molecule has 0 saturated carbocycles. The van der Waals surface area contributed by atoms with Gasteiger partial charge >= 0.3 is 0 Å². The second-order valence-corrected chi connectivity index (χ2v) is 3.71. The fourth-order valence-corrected chi connectivity index (χ4v) is 1.23. The SMILES string of the molecule is CCCCC#CC(=O)CCCCCCl. The predicted octanol–water partition coefficient (Wildman–Crippen LogP) is 3.55. The summed E-state index contributed by atoms with van der Waals surface area (Å²) >= 11 is 5.52. The van der Waals surface area contributed by atoms with Gasteiger partial charge in [0.15, 0.2) is 0 Å². The second-order valence-electron chi connectivity index (χ2n) is 3.33. The van der Waals surface area contributed by atoms with Crippen LogP contribution in [0.15, 0.2) is 0 Å². The maximum Gasteiger partial charge on any atom is 0.205 e. The third-order valence-corrected chi connectivity index (χ3v) is 2.19. The van der Waals surface area contributed by atoms with Gasteiger partial charge in [-0.1, -0.05) is 25.7 Å². The minimum Gasteiger partial charge on any atom is -0.285 e. The van der Waals surface area contributed by atoms with Gasteiger partial charge in [-0.3, -0.25) is 4.79 Å². The van der Waals surface area contributed by atoms with Crippen LogP contribution in [-0.2, 0) is 4.79 Å². The van der Waals surface area contributed by atoms with Crippen LogP contribution in [0.25, 0.3) is 0 Å². The van der Waals surface area contributed by atoms with Crippen LogP contribution < -0.4 is 0 Å². The van der Waals surface area contributed by atoms with Crippen molar-refractivity contribution in [1.82, 2.24) is 0 Å². The van der Waals surface area contributed by atoms with Crippen LogP contribution in [0.3, 0.4) is 0 Å². The standard InChI is InChI=1S/C12H19ClO/c1-2-3-4-6-9-12(14)10-7-5-8-11-13/h2-5,7-8,10-11H2,1H3. The van der Waals surface area contributed by atoms with E-state index in [-0.39, 0.29) is 5.78 Å². The summed E-state index contributed by atoms with van der Waals surface area (Å²) < 4.78 is 0. The zero-order valence-corrected chi connectivity index (χ0v) is 9.70. The number of halogens is 1. The van der Waals surface area contributed by atoms with Crippen molar-refractivity contribution in [3.63, 3.8) is 0 Å². The zero-order valence-electron chi connectivity index (χ0n) is 8.94. The van der Waals surface area contributed by atoms with Crippen LogP contribution in [0.4, 0.5) is 0 Å². The molecule has 0 bridgehead atoms. The van der Waals surface area contributed by atoms with E-state index in [1.165, 1.54) is 0 Å². The van der Waals surface area contributed by atoms with Gasteiger partial charge in [0.25, 0.3) is 0 Å². The Kier molecular flexibility index (Phi) is 10.2. The second kappa shape index (κ2) is 10.6. The number of hydrogen-bond donors (Lipinski definition) is 0. The van der Waals surface area contributed by atoms with Gasteiger partial charge in [-0.2, -0.15) is 0 Å². The Morgan fingerprint density at radius 3 is 2.64 bits per heavy atom. The molecule has 80 valence electrons. The van der Waals surface area contributed by atoms with E-state index in [1.54, 1.807) is 0 Å². The van der Waals surface area contributed by atoms with Crippen molar-refractivity contribution in [2.45, 2.75) is 51.9 Å². The average Bonchev–Trinajstić information content (AvgIpc) is 2.19. The summed E-state index contributed by atoms with van der Waals surface area (Å²) in [5.41, 5.74) is 0. The van der Waals surface area contributed by atoms with E-state index in [0.717, 1.165) is 38.5 Å². The topological polar surface area (TPSA) is 17.1 Å². The predicted molar refractivity (Wildman–Crippen MR) is 61.5 cm³/mol. The van der Waals surface area contributed by atoms with Crippen molar-refractivity contribution >= 4 is 17.4 Å². The molecule has 0 aliphatic rings. The number of alkyl halides is 1. The molecule has 0 radical (unpaired) electrons. The van der Waals surface area contributed by atoms with Crippen molar-refractivity contribution in [3.05, 3.63) is 0 Å². The highest BCUT2D eigenvalue weighted by atomic mass is 35.5. The maximum atomic E-state index is 11.2. The molecule has 0 rings (SSSR count). The molecule has 0 fully saturated rings. The Hall–Kier alpha value is -0.480. The average molecular weight is 215 g/mol. The number of carbonyl (C=O) groups excluding carboxylic acids is 1. The minimum atomic E-state index is 0.0793. The lowest BCUT2D eigenvalue weighted by molar-refractivity contribution is -0.113. The molecule has 2 heteroatoms. The molecule has 0 aromatic heterocycles. The number of unbranched alkanes of at least 4 members (excludes halogenated alkanes) is 4. The smallest absolute Gasteiger partial charge is 0.205 e. The quantitative estimate of drug-likeness (QED) is 0.274. The van der Waals surface area contributed by atoms with Gasteiger partial charge in [0, 0.05) is 18.7 Å². The van der Waals surface area contributed by atoms with Crippen LogP contribution in [0, 0.1) is 11.8 Å². The summed E-state index contributed by atoms with van der Waals surface area (Å²) in [7, 11) is 0. The third-order valence-electron chi connectivity index (χ3n) is 1.92. The number of ketones is 1. The highest BCUT2D eigenvalue weighted by molar-refractivity contribution is 6.17. The van der Waals surface area contributed by atoms with E-state index < -0.39 is 0 Å². The van der Waals surface area contributed by atoms with Crippen molar-refractivity contribution < 1.29 is 4.79 Å². The molecule has 0 heterocycles. The van der Waals surface area contributed by atoms with Crippen molar-refractivity contribution in [2.75, 3.05) is 5.88 Å². The monoisotopic (exact) mass is 214 g/mol. The molecule has 1 nitrogen and oxygen atoms in total. The van der Waals surface area contributed by atoms with E-state index in [0.29, 0.717) is 12.3 Å². The lowest BCUT2D eigenvalue weighted by Crippen LogP contribution is -1.93. The molecule has 0 aromatic rings. The summed E-state index contributed by atoms with van der Waals surface area (Å²) in [6.45, 7) is 2.12. The zero-order chi connectivity index (χ0) is 10.6. The third kappa shape index (κ3) is 9.61. The lowest BCUT2D eigenvalue weighted by atomic mass is 10.1. The number of rotatable bonds is 7. The van der Waals surface area contributed by atoms with Gasteiger partial charge in [0.1, 0.15) is 0 Å². The molecule has 0 aromatic carbocycles. The van der Waals surface area contributed by atoms with E-state index in [1.807, 2.05) is 0 Å². The number of Topliss-reactive ketones (excluding diaryl/α,β-unsaturated/α-hetero) is 1. The normalized spacial score (nSPS) is 9.29. The fourth-order valence-electron chi connectivity index (χ4n) is 1.05. The van der Waals surface area contributed by atoms with Gasteiger partial charge in [-0.05, 0) is 25.2 Å². The Balaban J connectivity index is 3.38. The first kappa shape index (κ1) is 13.5. The first-order valence-corrected chi connectivity index (χ1v) is 5.92. The minimum absolute atomic E-state index is 0.0793.